The summed E-state index contributed by atoms with van der Waals surface area (Å²) in [6.07, 6.45) is 0. The van der Waals surface area contributed by atoms with Crippen LogP contribution in [0.1, 0.15) is 29.7 Å². The van der Waals surface area contributed by atoms with E-state index in [1.165, 1.54) is 12.1 Å². The summed E-state index contributed by atoms with van der Waals surface area (Å²) in [6, 6.07) is 9.13. The number of guanidine groups is 1. The molecule has 0 spiro atoms. The van der Waals surface area contributed by atoms with Crippen LogP contribution in [0.25, 0.3) is 0 Å². The van der Waals surface area contributed by atoms with Crippen LogP contribution in [0.5, 0.6) is 5.75 Å². The quantitative estimate of drug-likeness (QED) is 0.640. The van der Waals surface area contributed by atoms with Crippen molar-refractivity contribution in [1.82, 2.24) is 10.6 Å². The molecule has 4 nitrogen and oxygen atoms in total. The Balaban J connectivity index is 2.02. The number of methoxy groups -OCH3 is 1. The zero-order chi connectivity index (χ0) is 18.4. The maximum Gasteiger partial charge on any atom is 0.191 e. The van der Waals surface area contributed by atoms with Gasteiger partial charge in [0.05, 0.1) is 13.2 Å². The SMILES string of the molecule is CN=C(NCc1cc(C)cc(OC)c1)NC(C)c1ccc(F)cc1F. The van der Waals surface area contributed by atoms with Gasteiger partial charge in [-0.15, -0.1) is 0 Å². The zero-order valence-electron chi connectivity index (χ0n) is 14.9. The predicted octanol–water partition coefficient (Wildman–Crippen LogP) is 3.71. The second kappa shape index (κ2) is 8.46. The van der Waals surface area contributed by atoms with E-state index < -0.39 is 11.6 Å². The first-order chi connectivity index (χ1) is 11.9. The first-order valence-electron chi connectivity index (χ1n) is 7.99. The van der Waals surface area contributed by atoms with Crippen molar-refractivity contribution in [1.29, 1.82) is 0 Å². The lowest BCUT2D eigenvalue weighted by molar-refractivity contribution is 0.414. The Morgan fingerprint density at radius 1 is 1.20 bits per heavy atom. The van der Waals surface area contributed by atoms with E-state index in [1.54, 1.807) is 21.1 Å². The molecule has 0 aliphatic carbocycles. The number of aryl methyl sites for hydroxylation is 1. The highest BCUT2D eigenvalue weighted by Crippen LogP contribution is 2.18. The van der Waals surface area contributed by atoms with Crippen molar-refractivity contribution >= 4 is 5.96 Å². The summed E-state index contributed by atoms with van der Waals surface area (Å²) in [6.45, 7) is 4.33. The van der Waals surface area contributed by atoms with Gasteiger partial charge in [0, 0.05) is 25.2 Å². The summed E-state index contributed by atoms with van der Waals surface area (Å²) in [5.74, 6) is 0.140. The number of halogens is 2. The molecule has 25 heavy (non-hydrogen) atoms. The van der Waals surface area contributed by atoms with Crippen molar-refractivity contribution in [3.05, 3.63) is 64.7 Å². The standard InChI is InChI=1S/C19H23F2N3O/c1-12-7-14(9-16(8-12)25-4)11-23-19(22-3)24-13(2)17-6-5-15(20)10-18(17)21/h5-10,13H,11H2,1-4H3,(H2,22,23,24). The van der Waals surface area contributed by atoms with Crippen LogP contribution in [0.15, 0.2) is 41.4 Å². The molecule has 0 radical (unpaired) electrons. The Morgan fingerprint density at radius 2 is 1.96 bits per heavy atom. The van der Waals surface area contributed by atoms with E-state index in [4.69, 9.17) is 4.74 Å². The van der Waals surface area contributed by atoms with Gasteiger partial charge in [-0.2, -0.15) is 0 Å². The van der Waals surface area contributed by atoms with E-state index in [0.717, 1.165) is 22.9 Å². The lowest BCUT2D eigenvalue weighted by Crippen LogP contribution is -2.38. The molecule has 2 aromatic rings. The van der Waals surface area contributed by atoms with E-state index >= 15 is 0 Å². The van der Waals surface area contributed by atoms with Gasteiger partial charge in [-0.1, -0.05) is 12.1 Å². The molecular formula is C19H23F2N3O. The van der Waals surface area contributed by atoms with Crippen molar-refractivity contribution in [3.63, 3.8) is 0 Å². The molecule has 0 aromatic heterocycles. The van der Waals surface area contributed by atoms with Crippen LogP contribution in [0, 0.1) is 18.6 Å². The second-order valence-corrected chi connectivity index (χ2v) is 5.82. The minimum absolute atomic E-state index is 0.362. The molecule has 1 unspecified atom stereocenters. The molecular weight excluding hydrogens is 324 g/mol. The predicted molar refractivity (Wildman–Crippen MR) is 95.8 cm³/mol. The van der Waals surface area contributed by atoms with Crippen molar-refractivity contribution < 1.29 is 13.5 Å². The molecule has 0 heterocycles. The Morgan fingerprint density at radius 3 is 2.60 bits per heavy atom. The average molecular weight is 347 g/mol. The van der Waals surface area contributed by atoms with Gasteiger partial charge >= 0.3 is 0 Å². The molecule has 0 bridgehead atoms. The number of aliphatic imine (C=N–C) groups is 1. The van der Waals surface area contributed by atoms with Gasteiger partial charge in [0.15, 0.2) is 5.96 Å². The fourth-order valence-corrected chi connectivity index (χ4v) is 2.56. The van der Waals surface area contributed by atoms with E-state index in [0.29, 0.717) is 18.1 Å². The van der Waals surface area contributed by atoms with Gasteiger partial charge in [0.2, 0.25) is 0 Å². The van der Waals surface area contributed by atoms with E-state index in [2.05, 4.69) is 15.6 Å². The van der Waals surface area contributed by atoms with Crippen LogP contribution in [0.3, 0.4) is 0 Å². The van der Waals surface area contributed by atoms with Crippen LogP contribution in [0.4, 0.5) is 8.78 Å². The number of ether oxygens (including phenoxy) is 1. The molecule has 0 fully saturated rings. The summed E-state index contributed by atoms with van der Waals surface area (Å²) < 4.78 is 32.2. The molecule has 1 atom stereocenters. The third-order valence-corrected chi connectivity index (χ3v) is 3.81. The summed E-state index contributed by atoms with van der Waals surface area (Å²) in [5.41, 5.74) is 2.52. The van der Waals surface area contributed by atoms with Gasteiger partial charge in [-0.3, -0.25) is 4.99 Å². The van der Waals surface area contributed by atoms with Crippen molar-refractivity contribution in [3.8, 4) is 5.75 Å². The summed E-state index contributed by atoms with van der Waals surface area (Å²) >= 11 is 0. The largest absolute Gasteiger partial charge is 0.497 e. The number of hydrogen-bond donors (Lipinski definition) is 2. The number of nitrogens with one attached hydrogen (secondary N) is 2. The average Bonchev–Trinajstić information content (AvgIpc) is 2.57. The van der Waals surface area contributed by atoms with Crippen LogP contribution in [-0.2, 0) is 6.54 Å². The van der Waals surface area contributed by atoms with E-state index in [1.807, 2.05) is 25.1 Å². The highest BCUT2D eigenvalue weighted by Gasteiger charge is 2.13. The molecule has 0 aliphatic rings. The molecule has 2 N–H and O–H groups in total. The molecule has 0 saturated heterocycles. The zero-order valence-corrected chi connectivity index (χ0v) is 14.9. The fourth-order valence-electron chi connectivity index (χ4n) is 2.56. The lowest BCUT2D eigenvalue weighted by Gasteiger charge is -2.19. The normalized spacial score (nSPS) is 12.6. The number of rotatable bonds is 5. The Labute approximate surface area is 146 Å². The van der Waals surface area contributed by atoms with Crippen LogP contribution in [-0.4, -0.2) is 20.1 Å². The second-order valence-electron chi connectivity index (χ2n) is 5.82. The Bertz CT molecular complexity index is 762. The van der Waals surface area contributed by atoms with Crippen LogP contribution < -0.4 is 15.4 Å². The van der Waals surface area contributed by atoms with Crippen molar-refractivity contribution in [2.75, 3.05) is 14.2 Å². The number of nitrogens with zero attached hydrogens (tertiary/aromatic N) is 1. The van der Waals surface area contributed by atoms with Crippen molar-refractivity contribution in [2.24, 2.45) is 4.99 Å². The Kier molecular flexibility index (Phi) is 6.33. The molecule has 0 amide bonds. The molecule has 0 aliphatic heterocycles. The summed E-state index contributed by atoms with van der Waals surface area (Å²) in [5, 5.41) is 6.28. The van der Waals surface area contributed by atoms with Gasteiger partial charge < -0.3 is 15.4 Å². The van der Waals surface area contributed by atoms with Gasteiger partial charge in [-0.25, -0.2) is 8.78 Å². The highest BCUT2D eigenvalue weighted by atomic mass is 19.1. The monoisotopic (exact) mass is 347 g/mol. The van der Waals surface area contributed by atoms with E-state index in [9.17, 15) is 8.78 Å². The van der Waals surface area contributed by atoms with Crippen LogP contribution in [0.2, 0.25) is 0 Å². The molecule has 2 aromatic carbocycles. The third-order valence-electron chi connectivity index (χ3n) is 3.81. The maximum atomic E-state index is 13.9. The minimum atomic E-state index is -0.593. The van der Waals surface area contributed by atoms with Gasteiger partial charge in [-0.05, 0) is 43.2 Å². The highest BCUT2D eigenvalue weighted by molar-refractivity contribution is 5.80. The smallest absolute Gasteiger partial charge is 0.191 e. The first kappa shape index (κ1) is 18.7. The Hall–Kier alpha value is -2.63. The minimum Gasteiger partial charge on any atom is -0.497 e. The molecule has 6 heteroatoms. The lowest BCUT2D eigenvalue weighted by atomic mass is 10.1. The maximum absolute atomic E-state index is 13.9. The topological polar surface area (TPSA) is 45.7 Å². The number of benzene rings is 2. The summed E-state index contributed by atoms with van der Waals surface area (Å²) in [7, 11) is 3.27. The van der Waals surface area contributed by atoms with Gasteiger partial charge in [0.1, 0.15) is 17.4 Å². The summed E-state index contributed by atoms with van der Waals surface area (Å²) in [4.78, 5) is 4.15. The number of hydrogen-bond acceptors (Lipinski definition) is 2. The third kappa shape index (κ3) is 5.17. The van der Waals surface area contributed by atoms with E-state index in [-0.39, 0.29) is 6.04 Å². The van der Waals surface area contributed by atoms with Crippen molar-refractivity contribution in [2.45, 2.75) is 26.4 Å². The fraction of sp³-hybridized carbons (Fsp3) is 0.316. The van der Waals surface area contributed by atoms with Gasteiger partial charge in [0.25, 0.3) is 0 Å². The molecule has 2 rings (SSSR count). The first-order valence-corrected chi connectivity index (χ1v) is 7.99. The van der Waals surface area contributed by atoms with Crippen LogP contribution >= 0.6 is 0 Å². The molecule has 0 saturated carbocycles. The molecule has 134 valence electrons.